The molecule has 0 atom stereocenters. The third-order valence-electron chi connectivity index (χ3n) is 1.84. The minimum atomic E-state index is 0.488. The molecule has 1 aliphatic carbocycles. The maximum absolute atomic E-state index is 5.43. The van der Waals surface area contributed by atoms with Crippen LogP contribution in [-0.2, 0) is 0 Å². The van der Waals surface area contributed by atoms with E-state index in [0.717, 1.165) is 5.57 Å². The maximum atomic E-state index is 5.43. The Morgan fingerprint density at radius 1 is 1.55 bits per heavy atom. The first kappa shape index (κ1) is 8.31. The highest BCUT2D eigenvalue weighted by Crippen LogP contribution is 2.23. The Morgan fingerprint density at radius 2 is 2.18 bits per heavy atom. The van der Waals surface area contributed by atoms with E-state index in [4.69, 9.17) is 5.73 Å². The highest BCUT2D eigenvalue weighted by atomic mass is 14.8. The first-order valence-corrected chi connectivity index (χ1v) is 4.19. The molecule has 11 heavy (non-hydrogen) atoms. The van der Waals surface area contributed by atoms with Crippen LogP contribution in [0.3, 0.4) is 0 Å². The minimum absolute atomic E-state index is 0.488. The van der Waals surface area contributed by atoms with Crippen molar-refractivity contribution in [1.29, 1.82) is 0 Å². The third kappa shape index (κ3) is 2.74. The Bertz CT molecular complexity index is 176. The summed E-state index contributed by atoms with van der Waals surface area (Å²) in [5, 5.41) is 0. The van der Waals surface area contributed by atoms with Crippen LogP contribution >= 0.6 is 0 Å². The van der Waals surface area contributed by atoms with Crippen LogP contribution in [0.15, 0.2) is 16.8 Å². The summed E-state index contributed by atoms with van der Waals surface area (Å²) in [6.45, 7) is 4.25. The fourth-order valence-corrected chi connectivity index (χ4v) is 0.800. The molecule has 0 radical (unpaired) electrons. The molecule has 2 heteroatoms. The molecule has 0 aromatic heterocycles. The van der Waals surface area contributed by atoms with Crippen molar-refractivity contribution in [3.63, 3.8) is 0 Å². The van der Waals surface area contributed by atoms with Crippen molar-refractivity contribution < 1.29 is 0 Å². The molecule has 0 aliphatic heterocycles. The lowest BCUT2D eigenvalue weighted by atomic mass is 10.1. The second-order valence-electron chi connectivity index (χ2n) is 3.33. The van der Waals surface area contributed by atoms with E-state index < -0.39 is 0 Å². The zero-order valence-electron chi connectivity index (χ0n) is 7.25. The Hall–Kier alpha value is -0.790. The summed E-state index contributed by atoms with van der Waals surface area (Å²) >= 11 is 0. The molecule has 0 bridgehead atoms. The van der Waals surface area contributed by atoms with Crippen LogP contribution in [0.1, 0.15) is 26.7 Å². The van der Waals surface area contributed by atoms with E-state index in [0.29, 0.717) is 12.0 Å². The van der Waals surface area contributed by atoms with Gasteiger partial charge in [-0.2, -0.15) is 0 Å². The quantitative estimate of drug-likeness (QED) is 0.614. The summed E-state index contributed by atoms with van der Waals surface area (Å²) in [7, 11) is 0. The molecule has 0 saturated heterocycles. The van der Waals surface area contributed by atoms with E-state index in [1.807, 2.05) is 6.21 Å². The Balaban J connectivity index is 2.42. The summed E-state index contributed by atoms with van der Waals surface area (Å²) in [4.78, 5) is 4.35. The number of allylic oxidation sites excluding steroid dienone is 1. The smallest absolute Gasteiger partial charge is 0.0501 e. The van der Waals surface area contributed by atoms with E-state index in [9.17, 15) is 0 Å². The lowest BCUT2D eigenvalue weighted by Gasteiger charge is -2.02. The molecule has 0 spiro atoms. The van der Waals surface area contributed by atoms with Crippen LogP contribution in [-0.4, -0.2) is 12.3 Å². The van der Waals surface area contributed by atoms with Crippen molar-refractivity contribution in [2.24, 2.45) is 16.6 Å². The highest BCUT2D eigenvalue weighted by Gasteiger charge is 2.18. The van der Waals surface area contributed by atoms with Gasteiger partial charge >= 0.3 is 0 Å². The molecule has 0 unspecified atom stereocenters. The Labute approximate surface area is 68.2 Å². The van der Waals surface area contributed by atoms with Crippen molar-refractivity contribution in [3.05, 3.63) is 11.8 Å². The van der Waals surface area contributed by atoms with Gasteiger partial charge in [0.25, 0.3) is 0 Å². The van der Waals surface area contributed by atoms with Crippen LogP contribution in [0.25, 0.3) is 0 Å². The van der Waals surface area contributed by atoms with Crippen molar-refractivity contribution in [1.82, 2.24) is 0 Å². The first-order chi connectivity index (χ1) is 5.24. The molecule has 1 rings (SSSR count). The third-order valence-corrected chi connectivity index (χ3v) is 1.84. The van der Waals surface area contributed by atoms with Gasteiger partial charge in [-0.1, -0.05) is 13.8 Å². The van der Waals surface area contributed by atoms with Gasteiger partial charge < -0.3 is 5.73 Å². The van der Waals surface area contributed by atoms with E-state index in [1.54, 1.807) is 6.20 Å². The maximum Gasteiger partial charge on any atom is 0.0501 e. The average molecular weight is 152 g/mol. The molecule has 0 amide bonds. The lowest BCUT2D eigenvalue weighted by Crippen LogP contribution is -1.99. The second kappa shape index (κ2) is 3.56. The van der Waals surface area contributed by atoms with E-state index in [2.05, 4.69) is 18.8 Å². The summed E-state index contributed by atoms with van der Waals surface area (Å²) in [5.41, 5.74) is 6.56. The number of nitrogens with two attached hydrogens (primary N) is 1. The molecule has 2 N–H and O–H groups in total. The zero-order chi connectivity index (χ0) is 8.27. The van der Waals surface area contributed by atoms with Gasteiger partial charge in [-0.25, -0.2) is 0 Å². The molecule has 0 aromatic carbocycles. The van der Waals surface area contributed by atoms with Crippen molar-refractivity contribution in [2.75, 3.05) is 0 Å². The lowest BCUT2D eigenvalue weighted by molar-refractivity contribution is 0.802. The van der Waals surface area contributed by atoms with Crippen LogP contribution in [0.2, 0.25) is 0 Å². The number of nitrogens with zero attached hydrogens (tertiary/aromatic N) is 1. The molecular weight excluding hydrogens is 136 g/mol. The average Bonchev–Trinajstić information content (AvgIpc) is 2.72. The normalized spacial score (nSPS) is 20.1. The van der Waals surface area contributed by atoms with Gasteiger partial charge in [-0.3, -0.25) is 4.99 Å². The van der Waals surface area contributed by atoms with Gasteiger partial charge in [0.05, 0.1) is 6.04 Å². The van der Waals surface area contributed by atoms with Crippen LogP contribution in [0.4, 0.5) is 0 Å². The SMILES string of the molecule is CC(C)C(C=NC1CC1)=CN. The Morgan fingerprint density at radius 3 is 2.55 bits per heavy atom. The Kier molecular flexibility index (Phi) is 2.69. The molecule has 0 aromatic rings. The van der Waals surface area contributed by atoms with Crippen LogP contribution in [0, 0.1) is 5.92 Å². The van der Waals surface area contributed by atoms with Gasteiger partial charge in [0.15, 0.2) is 0 Å². The van der Waals surface area contributed by atoms with Gasteiger partial charge in [0.1, 0.15) is 0 Å². The summed E-state index contributed by atoms with van der Waals surface area (Å²) in [6.07, 6.45) is 6.08. The fourth-order valence-electron chi connectivity index (χ4n) is 0.800. The highest BCUT2D eigenvalue weighted by molar-refractivity contribution is 5.79. The number of hydrogen-bond acceptors (Lipinski definition) is 2. The zero-order valence-corrected chi connectivity index (χ0v) is 7.25. The summed E-state index contributed by atoms with van der Waals surface area (Å²) in [6, 6.07) is 0.601. The van der Waals surface area contributed by atoms with Crippen molar-refractivity contribution in [3.8, 4) is 0 Å². The molecule has 1 saturated carbocycles. The standard InChI is InChI=1S/C9H16N2/c1-7(2)8(5-10)6-11-9-3-4-9/h5-7,9H,3-4,10H2,1-2H3. The van der Waals surface area contributed by atoms with E-state index in [-0.39, 0.29) is 0 Å². The number of aliphatic imine (C=N–C) groups is 1. The van der Waals surface area contributed by atoms with Gasteiger partial charge in [0.2, 0.25) is 0 Å². The molecule has 0 heterocycles. The van der Waals surface area contributed by atoms with Gasteiger partial charge in [-0.15, -0.1) is 0 Å². The van der Waals surface area contributed by atoms with Crippen LogP contribution < -0.4 is 5.73 Å². The molecule has 1 fully saturated rings. The minimum Gasteiger partial charge on any atom is -0.404 e. The largest absolute Gasteiger partial charge is 0.404 e. The van der Waals surface area contributed by atoms with Crippen LogP contribution in [0.5, 0.6) is 0 Å². The summed E-state index contributed by atoms with van der Waals surface area (Å²) < 4.78 is 0. The van der Waals surface area contributed by atoms with Crippen molar-refractivity contribution >= 4 is 6.21 Å². The number of rotatable bonds is 3. The van der Waals surface area contributed by atoms with Crippen molar-refractivity contribution in [2.45, 2.75) is 32.7 Å². The predicted molar refractivity (Wildman–Crippen MR) is 48.6 cm³/mol. The number of hydrogen-bond donors (Lipinski definition) is 1. The second-order valence-corrected chi connectivity index (χ2v) is 3.33. The predicted octanol–water partition coefficient (Wildman–Crippen LogP) is 1.72. The fraction of sp³-hybridized carbons (Fsp3) is 0.667. The molecular formula is C9H16N2. The monoisotopic (exact) mass is 152 g/mol. The molecule has 1 aliphatic rings. The topological polar surface area (TPSA) is 38.4 Å². The van der Waals surface area contributed by atoms with E-state index in [1.165, 1.54) is 12.8 Å². The first-order valence-electron chi connectivity index (χ1n) is 4.19. The molecule has 2 nitrogen and oxygen atoms in total. The van der Waals surface area contributed by atoms with E-state index >= 15 is 0 Å². The van der Waals surface area contributed by atoms with Gasteiger partial charge in [-0.05, 0) is 30.5 Å². The van der Waals surface area contributed by atoms with Gasteiger partial charge in [0, 0.05) is 6.21 Å². The summed E-state index contributed by atoms with van der Waals surface area (Å²) in [5.74, 6) is 0.488. The molecule has 62 valence electrons.